The minimum atomic E-state index is -0.680. The monoisotopic (exact) mass is 505 g/mol. The molecule has 1 aliphatic heterocycles. The number of allylic oxidation sites excluding steroid dienone is 1. The van der Waals surface area contributed by atoms with Gasteiger partial charge in [-0.05, 0) is 62.2 Å². The van der Waals surface area contributed by atoms with E-state index in [-0.39, 0.29) is 18.1 Å². The highest BCUT2D eigenvalue weighted by molar-refractivity contribution is 7.07. The lowest BCUT2D eigenvalue weighted by Gasteiger charge is -2.24. The van der Waals surface area contributed by atoms with Crippen LogP contribution in [0.3, 0.4) is 0 Å². The number of anilines is 1. The second kappa shape index (κ2) is 10.7. The summed E-state index contributed by atoms with van der Waals surface area (Å²) in [5, 5.41) is 2.72. The molecule has 2 aromatic carbocycles. The Morgan fingerprint density at radius 3 is 2.39 bits per heavy atom. The lowest BCUT2D eigenvalue weighted by molar-refractivity contribution is -0.139. The summed E-state index contributed by atoms with van der Waals surface area (Å²) >= 11 is 1.26. The fourth-order valence-electron chi connectivity index (χ4n) is 4.04. The zero-order valence-electron chi connectivity index (χ0n) is 20.5. The number of hydrogen-bond acceptors (Lipinski definition) is 7. The van der Waals surface area contributed by atoms with Crippen molar-refractivity contribution in [2.75, 3.05) is 18.5 Å². The van der Waals surface area contributed by atoms with Crippen molar-refractivity contribution in [3.63, 3.8) is 0 Å². The second-order valence-electron chi connectivity index (χ2n) is 8.11. The van der Waals surface area contributed by atoms with Crippen LogP contribution in [0.5, 0.6) is 5.75 Å². The van der Waals surface area contributed by atoms with Crippen LogP contribution in [0.15, 0.2) is 69.6 Å². The van der Waals surface area contributed by atoms with Gasteiger partial charge >= 0.3 is 5.97 Å². The molecule has 0 saturated carbocycles. The van der Waals surface area contributed by atoms with E-state index in [9.17, 15) is 14.4 Å². The fourth-order valence-corrected chi connectivity index (χ4v) is 5.08. The highest BCUT2D eigenvalue weighted by atomic mass is 32.1. The third-order valence-corrected chi connectivity index (χ3v) is 6.54. The quantitative estimate of drug-likeness (QED) is 0.498. The normalized spacial score (nSPS) is 15.2. The minimum absolute atomic E-state index is 0.155. The number of benzene rings is 2. The molecule has 4 rings (SSSR count). The first kappa shape index (κ1) is 25.1. The Labute approximate surface area is 212 Å². The van der Waals surface area contributed by atoms with Gasteiger partial charge in [0.2, 0.25) is 5.91 Å². The Bertz CT molecular complexity index is 1500. The van der Waals surface area contributed by atoms with E-state index in [4.69, 9.17) is 9.47 Å². The molecule has 1 amide bonds. The van der Waals surface area contributed by atoms with Crippen molar-refractivity contribution in [2.45, 2.75) is 33.7 Å². The third-order valence-electron chi connectivity index (χ3n) is 5.55. The number of carbonyl (C=O) groups is 2. The number of aromatic nitrogens is 1. The Morgan fingerprint density at radius 2 is 1.78 bits per heavy atom. The van der Waals surface area contributed by atoms with Crippen molar-refractivity contribution < 1.29 is 19.1 Å². The van der Waals surface area contributed by atoms with Gasteiger partial charge in [0.15, 0.2) is 4.80 Å². The number of hydrogen-bond donors (Lipinski definition) is 1. The largest absolute Gasteiger partial charge is 0.494 e. The van der Waals surface area contributed by atoms with E-state index in [1.165, 1.54) is 18.3 Å². The molecule has 0 bridgehead atoms. The molecule has 2 heterocycles. The number of nitrogens with zero attached hydrogens (tertiary/aromatic N) is 2. The Kier molecular flexibility index (Phi) is 7.49. The number of thiazole rings is 1. The molecule has 186 valence electrons. The molecule has 1 atom stereocenters. The van der Waals surface area contributed by atoms with Crippen LogP contribution in [0.2, 0.25) is 0 Å². The van der Waals surface area contributed by atoms with Crippen LogP contribution in [-0.2, 0) is 14.3 Å². The van der Waals surface area contributed by atoms with Crippen molar-refractivity contribution in [3.8, 4) is 5.75 Å². The molecule has 0 fully saturated rings. The first-order chi connectivity index (χ1) is 17.3. The van der Waals surface area contributed by atoms with Crippen molar-refractivity contribution in [2.24, 2.45) is 4.99 Å². The van der Waals surface area contributed by atoms with E-state index < -0.39 is 12.0 Å². The Morgan fingerprint density at radius 1 is 1.08 bits per heavy atom. The van der Waals surface area contributed by atoms with E-state index in [1.54, 1.807) is 36.6 Å². The summed E-state index contributed by atoms with van der Waals surface area (Å²) in [6.45, 7) is 7.60. The number of esters is 1. The molecule has 36 heavy (non-hydrogen) atoms. The van der Waals surface area contributed by atoms with Crippen LogP contribution in [0.1, 0.15) is 44.9 Å². The lowest BCUT2D eigenvalue weighted by Crippen LogP contribution is -2.39. The molecule has 1 aromatic heterocycles. The molecule has 1 N–H and O–H groups in total. The van der Waals surface area contributed by atoms with Gasteiger partial charge in [0, 0.05) is 12.6 Å². The smallest absolute Gasteiger partial charge is 0.338 e. The number of ether oxygens (including phenoxy) is 2. The van der Waals surface area contributed by atoms with Gasteiger partial charge in [-0.1, -0.05) is 35.6 Å². The van der Waals surface area contributed by atoms with Crippen molar-refractivity contribution in [3.05, 3.63) is 90.6 Å². The summed E-state index contributed by atoms with van der Waals surface area (Å²) < 4.78 is 12.9. The second-order valence-corrected chi connectivity index (χ2v) is 9.12. The van der Waals surface area contributed by atoms with Gasteiger partial charge in [0.05, 0.1) is 35.1 Å². The SMILES string of the molecule is CCOC(=O)C1=C(C)N=c2s/c(=C/c3ccc(NC(C)=O)cc3)c(=O)n2C1c1ccc(OCC)cc1. The van der Waals surface area contributed by atoms with Gasteiger partial charge < -0.3 is 14.8 Å². The lowest BCUT2D eigenvalue weighted by atomic mass is 9.96. The van der Waals surface area contributed by atoms with Crippen LogP contribution in [-0.4, -0.2) is 29.7 Å². The molecular weight excluding hydrogens is 478 g/mol. The first-order valence-corrected chi connectivity index (χ1v) is 12.4. The molecule has 0 spiro atoms. The molecule has 0 saturated heterocycles. The van der Waals surface area contributed by atoms with Gasteiger partial charge in [-0.15, -0.1) is 0 Å². The maximum atomic E-state index is 13.6. The molecule has 0 radical (unpaired) electrons. The number of rotatable bonds is 7. The summed E-state index contributed by atoms with van der Waals surface area (Å²) in [6.07, 6.45) is 1.78. The highest BCUT2D eigenvalue weighted by Gasteiger charge is 2.33. The summed E-state index contributed by atoms with van der Waals surface area (Å²) in [4.78, 5) is 43.0. The Balaban J connectivity index is 1.84. The molecule has 3 aromatic rings. The maximum absolute atomic E-state index is 13.6. The van der Waals surface area contributed by atoms with E-state index in [0.717, 1.165) is 11.1 Å². The van der Waals surface area contributed by atoms with Crippen LogP contribution in [0, 0.1) is 0 Å². The van der Waals surface area contributed by atoms with Crippen LogP contribution >= 0.6 is 11.3 Å². The van der Waals surface area contributed by atoms with E-state index in [0.29, 0.717) is 38.6 Å². The molecule has 8 nitrogen and oxygen atoms in total. The van der Waals surface area contributed by atoms with Crippen LogP contribution in [0.4, 0.5) is 5.69 Å². The van der Waals surface area contributed by atoms with Gasteiger partial charge in [0.1, 0.15) is 5.75 Å². The first-order valence-electron chi connectivity index (χ1n) is 11.6. The topological polar surface area (TPSA) is 99.0 Å². The fraction of sp³-hybridized carbons (Fsp3) is 0.259. The van der Waals surface area contributed by atoms with E-state index in [2.05, 4.69) is 10.3 Å². The summed E-state index contributed by atoms with van der Waals surface area (Å²) in [5.41, 5.74) is 2.82. The molecule has 1 unspecified atom stereocenters. The number of carbonyl (C=O) groups excluding carboxylic acids is 2. The number of fused-ring (bicyclic) bond motifs is 1. The van der Waals surface area contributed by atoms with Gasteiger partial charge in [-0.3, -0.25) is 14.2 Å². The summed E-state index contributed by atoms with van der Waals surface area (Å²) in [5.74, 6) is 0.0494. The third kappa shape index (κ3) is 5.16. The standard InChI is InChI=1S/C27H27N3O5S/c1-5-34-21-13-9-19(10-14-21)24-23(26(33)35-6-2)16(3)28-27-30(24)25(32)22(36-27)15-18-7-11-20(12-8-18)29-17(4)31/h7-15,24H,5-6H2,1-4H3,(H,29,31)/b22-15+. The van der Waals surface area contributed by atoms with Crippen molar-refractivity contribution in [1.29, 1.82) is 0 Å². The van der Waals surface area contributed by atoms with Gasteiger partial charge in [0.25, 0.3) is 5.56 Å². The van der Waals surface area contributed by atoms with Crippen LogP contribution in [0.25, 0.3) is 6.08 Å². The van der Waals surface area contributed by atoms with E-state index >= 15 is 0 Å². The highest BCUT2D eigenvalue weighted by Crippen LogP contribution is 2.31. The van der Waals surface area contributed by atoms with Crippen molar-refractivity contribution >= 4 is 35.0 Å². The summed E-state index contributed by atoms with van der Waals surface area (Å²) in [7, 11) is 0. The predicted molar refractivity (Wildman–Crippen MR) is 139 cm³/mol. The minimum Gasteiger partial charge on any atom is -0.494 e. The number of nitrogens with one attached hydrogen (secondary N) is 1. The average Bonchev–Trinajstić information content (AvgIpc) is 3.14. The average molecular weight is 506 g/mol. The Hall–Kier alpha value is -3.98. The molecular formula is C27H27N3O5S. The molecule has 1 aliphatic rings. The van der Waals surface area contributed by atoms with Crippen molar-refractivity contribution in [1.82, 2.24) is 4.57 Å². The molecule has 0 aliphatic carbocycles. The maximum Gasteiger partial charge on any atom is 0.338 e. The predicted octanol–water partition coefficient (Wildman–Crippen LogP) is 3.16. The zero-order valence-corrected chi connectivity index (χ0v) is 21.3. The van der Waals surface area contributed by atoms with Gasteiger partial charge in [-0.25, -0.2) is 9.79 Å². The van der Waals surface area contributed by atoms with E-state index in [1.807, 2.05) is 43.3 Å². The molecule has 9 heteroatoms. The van der Waals surface area contributed by atoms with Gasteiger partial charge in [-0.2, -0.15) is 0 Å². The summed E-state index contributed by atoms with van der Waals surface area (Å²) in [6, 6.07) is 13.9. The number of amides is 1. The zero-order chi connectivity index (χ0) is 25.8. The van der Waals surface area contributed by atoms with Crippen LogP contribution < -0.4 is 24.9 Å².